The molecule has 0 aliphatic carbocycles. The summed E-state index contributed by atoms with van der Waals surface area (Å²) >= 11 is 7.46. The van der Waals surface area contributed by atoms with E-state index in [0.29, 0.717) is 41.3 Å². The number of anilines is 2. The zero-order chi connectivity index (χ0) is 20.9. The first-order valence-corrected chi connectivity index (χ1v) is 10.8. The van der Waals surface area contributed by atoms with Gasteiger partial charge in [0.15, 0.2) is 5.16 Å². The number of carbonyl (C=O) groups excluding carboxylic acids is 1. The Hall–Kier alpha value is -2.63. The van der Waals surface area contributed by atoms with Crippen LogP contribution in [0.5, 0.6) is 0 Å². The highest BCUT2D eigenvalue weighted by molar-refractivity contribution is 7.99. The van der Waals surface area contributed by atoms with Crippen LogP contribution in [0.25, 0.3) is 5.69 Å². The molecule has 0 saturated carbocycles. The molecule has 0 spiro atoms. The predicted octanol–water partition coefficient (Wildman–Crippen LogP) is 2.10. The van der Waals surface area contributed by atoms with E-state index in [0.717, 1.165) is 19.0 Å². The molecule has 4 rings (SSSR count). The Balaban J connectivity index is 1.44. The van der Waals surface area contributed by atoms with E-state index in [1.165, 1.54) is 18.1 Å². The zero-order valence-corrected chi connectivity index (χ0v) is 17.9. The minimum atomic E-state index is -0.179. The van der Waals surface area contributed by atoms with Crippen LogP contribution in [0, 0.1) is 0 Å². The molecule has 0 bridgehead atoms. The van der Waals surface area contributed by atoms with Gasteiger partial charge in [0, 0.05) is 24.7 Å². The van der Waals surface area contributed by atoms with Crippen molar-refractivity contribution in [2.45, 2.75) is 18.6 Å². The van der Waals surface area contributed by atoms with E-state index in [1.807, 2.05) is 11.5 Å². The third-order valence-electron chi connectivity index (χ3n) is 4.54. The molecule has 1 aliphatic rings. The third-order valence-corrected chi connectivity index (χ3v) is 5.74. The number of thioether (sulfide) groups is 1. The van der Waals surface area contributed by atoms with Crippen molar-refractivity contribution < 1.29 is 9.53 Å². The largest absolute Gasteiger partial charge is 0.378 e. The zero-order valence-electron chi connectivity index (χ0n) is 16.4. The summed E-state index contributed by atoms with van der Waals surface area (Å²) in [5.41, 5.74) is 1.24. The van der Waals surface area contributed by atoms with E-state index in [1.54, 1.807) is 29.2 Å². The molecule has 1 amide bonds. The van der Waals surface area contributed by atoms with Gasteiger partial charge in [0.25, 0.3) is 0 Å². The van der Waals surface area contributed by atoms with E-state index >= 15 is 0 Å². The second-order valence-electron chi connectivity index (χ2n) is 6.46. The van der Waals surface area contributed by atoms with Gasteiger partial charge in [-0.1, -0.05) is 23.4 Å². The highest BCUT2D eigenvalue weighted by Gasteiger charge is 2.20. The average molecular weight is 449 g/mol. The summed E-state index contributed by atoms with van der Waals surface area (Å²) in [7, 11) is 0. The molecule has 30 heavy (non-hydrogen) atoms. The first-order valence-electron chi connectivity index (χ1n) is 9.49. The standard InChI is InChI=1S/C18H21ClN8O2S/c1-2-26-17(25-5-7-29-8-6-25)23-24-18(26)30-10-16(28)22-14-9-13(19)3-4-15(14)27-12-20-11-21-27/h3-4,9,11-12H,2,5-8,10H2,1H3,(H,22,28). The molecular formula is C18H21ClN8O2S. The summed E-state index contributed by atoms with van der Waals surface area (Å²) in [6, 6.07) is 5.20. The van der Waals surface area contributed by atoms with Crippen molar-refractivity contribution in [3.8, 4) is 5.69 Å². The highest BCUT2D eigenvalue weighted by atomic mass is 35.5. The number of nitrogens with one attached hydrogen (secondary N) is 1. The number of hydrogen-bond acceptors (Lipinski definition) is 8. The van der Waals surface area contributed by atoms with Gasteiger partial charge in [0.1, 0.15) is 12.7 Å². The number of benzene rings is 1. The minimum Gasteiger partial charge on any atom is -0.378 e. The van der Waals surface area contributed by atoms with Gasteiger partial charge in [-0.05, 0) is 25.1 Å². The first kappa shape index (κ1) is 20.6. The Morgan fingerprint density at radius 2 is 2.13 bits per heavy atom. The quantitative estimate of drug-likeness (QED) is 0.548. The lowest BCUT2D eigenvalue weighted by Gasteiger charge is -2.27. The number of carbonyl (C=O) groups is 1. The van der Waals surface area contributed by atoms with E-state index in [4.69, 9.17) is 16.3 Å². The van der Waals surface area contributed by atoms with Crippen LogP contribution in [0.15, 0.2) is 36.0 Å². The minimum absolute atomic E-state index is 0.179. The molecule has 0 unspecified atom stereocenters. The number of amides is 1. The van der Waals surface area contributed by atoms with Crippen molar-refractivity contribution in [3.63, 3.8) is 0 Å². The fourth-order valence-corrected chi connectivity index (χ4v) is 4.09. The van der Waals surface area contributed by atoms with Gasteiger partial charge in [0.2, 0.25) is 11.9 Å². The van der Waals surface area contributed by atoms with Crippen molar-refractivity contribution in [1.29, 1.82) is 0 Å². The monoisotopic (exact) mass is 448 g/mol. The maximum absolute atomic E-state index is 12.6. The van der Waals surface area contributed by atoms with Crippen LogP contribution in [-0.2, 0) is 16.1 Å². The molecule has 10 nitrogen and oxygen atoms in total. The van der Waals surface area contributed by atoms with Crippen molar-refractivity contribution in [1.82, 2.24) is 29.5 Å². The van der Waals surface area contributed by atoms with Gasteiger partial charge in [-0.2, -0.15) is 5.10 Å². The predicted molar refractivity (Wildman–Crippen MR) is 114 cm³/mol. The molecular weight excluding hydrogens is 428 g/mol. The third kappa shape index (κ3) is 4.58. The van der Waals surface area contributed by atoms with Crippen LogP contribution in [0.2, 0.25) is 5.02 Å². The molecule has 0 radical (unpaired) electrons. The number of aromatic nitrogens is 6. The summed E-state index contributed by atoms with van der Waals surface area (Å²) < 4.78 is 8.99. The maximum atomic E-state index is 12.6. The van der Waals surface area contributed by atoms with Crippen LogP contribution in [-0.4, -0.2) is 67.5 Å². The summed E-state index contributed by atoms with van der Waals surface area (Å²) in [6.45, 7) is 5.67. The number of morpholine rings is 1. The number of hydrogen-bond donors (Lipinski definition) is 1. The van der Waals surface area contributed by atoms with Gasteiger partial charge in [-0.15, -0.1) is 10.2 Å². The van der Waals surface area contributed by atoms with Gasteiger partial charge in [-0.3, -0.25) is 9.36 Å². The summed E-state index contributed by atoms with van der Waals surface area (Å²) in [5, 5.41) is 16.9. The molecule has 1 aliphatic heterocycles. The van der Waals surface area contributed by atoms with E-state index in [2.05, 4.69) is 30.5 Å². The van der Waals surface area contributed by atoms with Crippen LogP contribution in [0.4, 0.5) is 11.6 Å². The van der Waals surface area contributed by atoms with Crippen molar-refractivity contribution in [2.24, 2.45) is 0 Å². The van der Waals surface area contributed by atoms with E-state index in [-0.39, 0.29) is 11.7 Å². The van der Waals surface area contributed by atoms with Gasteiger partial charge in [0.05, 0.1) is 30.3 Å². The number of halogens is 1. The summed E-state index contributed by atoms with van der Waals surface area (Å²) in [6.07, 6.45) is 2.99. The van der Waals surface area contributed by atoms with E-state index < -0.39 is 0 Å². The first-order chi connectivity index (χ1) is 14.7. The van der Waals surface area contributed by atoms with Crippen molar-refractivity contribution in [2.75, 3.05) is 42.3 Å². The SMILES string of the molecule is CCn1c(SCC(=O)Nc2cc(Cl)ccc2-n2cncn2)nnc1N1CCOCC1. The van der Waals surface area contributed by atoms with Gasteiger partial charge < -0.3 is 15.0 Å². The molecule has 0 atom stereocenters. The molecule has 3 heterocycles. The molecule has 1 aromatic carbocycles. The fraction of sp³-hybridized carbons (Fsp3) is 0.389. The number of rotatable bonds is 7. The van der Waals surface area contributed by atoms with Gasteiger partial charge >= 0.3 is 0 Å². The Kier molecular flexibility index (Phi) is 6.50. The average Bonchev–Trinajstić information content (AvgIpc) is 3.43. The van der Waals surface area contributed by atoms with Crippen LogP contribution in [0.3, 0.4) is 0 Å². The summed E-state index contributed by atoms with van der Waals surface area (Å²) in [5.74, 6) is 0.819. The molecule has 1 fully saturated rings. The normalized spacial score (nSPS) is 14.1. The topological polar surface area (TPSA) is 103 Å². The lowest BCUT2D eigenvalue weighted by molar-refractivity contribution is -0.113. The molecule has 2 aromatic heterocycles. The highest BCUT2D eigenvalue weighted by Crippen LogP contribution is 2.26. The van der Waals surface area contributed by atoms with Gasteiger partial charge in [-0.25, -0.2) is 9.67 Å². The van der Waals surface area contributed by atoms with Crippen LogP contribution < -0.4 is 10.2 Å². The lowest BCUT2D eigenvalue weighted by Crippen LogP contribution is -2.38. The Labute approximate surface area is 182 Å². The van der Waals surface area contributed by atoms with Crippen molar-refractivity contribution >= 4 is 40.9 Å². The second kappa shape index (κ2) is 9.45. The Morgan fingerprint density at radius 3 is 2.87 bits per heavy atom. The molecule has 1 N–H and O–H groups in total. The molecule has 1 saturated heterocycles. The van der Waals surface area contributed by atoms with Crippen LogP contribution >= 0.6 is 23.4 Å². The summed E-state index contributed by atoms with van der Waals surface area (Å²) in [4.78, 5) is 18.7. The molecule has 158 valence electrons. The fourth-order valence-electron chi connectivity index (χ4n) is 3.12. The molecule has 3 aromatic rings. The number of nitrogens with zero attached hydrogens (tertiary/aromatic N) is 7. The second-order valence-corrected chi connectivity index (χ2v) is 7.84. The van der Waals surface area contributed by atoms with Crippen LogP contribution in [0.1, 0.15) is 6.92 Å². The Morgan fingerprint density at radius 1 is 1.30 bits per heavy atom. The maximum Gasteiger partial charge on any atom is 0.234 e. The Bertz CT molecular complexity index is 1000. The van der Waals surface area contributed by atoms with E-state index in [9.17, 15) is 4.79 Å². The number of ether oxygens (including phenoxy) is 1. The lowest BCUT2D eigenvalue weighted by atomic mass is 10.2. The van der Waals surface area contributed by atoms with Crippen molar-refractivity contribution in [3.05, 3.63) is 35.9 Å². The molecule has 12 heteroatoms. The smallest absolute Gasteiger partial charge is 0.234 e.